The third-order valence-electron chi connectivity index (χ3n) is 5.07. The van der Waals surface area contributed by atoms with Gasteiger partial charge in [-0.05, 0) is 63.4 Å². The summed E-state index contributed by atoms with van der Waals surface area (Å²) in [5, 5.41) is 8.06. The molecule has 0 saturated heterocycles. The maximum atomic E-state index is 12.9. The molecule has 8 nitrogen and oxygen atoms in total. The monoisotopic (exact) mass is 463 g/mol. The number of carbonyl (C=O) groups is 1. The Hall–Kier alpha value is -3.59. The fraction of sp³-hybridized carbons (Fsp3) is 0.250. The van der Waals surface area contributed by atoms with E-state index >= 15 is 0 Å². The van der Waals surface area contributed by atoms with Gasteiger partial charge in [0, 0.05) is 17.0 Å². The molecule has 4 rings (SSSR count). The third-order valence-corrected chi connectivity index (χ3v) is 5.61. The zero-order valence-electron chi connectivity index (χ0n) is 19.0. The van der Waals surface area contributed by atoms with Gasteiger partial charge in [-0.15, -0.1) is 5.10 Å². The summed E-state index contributed by atoms with van der Waals surface area (Å²) in [6, 6.07) is 14.7. The maximum absolute atomic E-state index is 12.9. The number of aryl methyl sites for hydroxylation is 2. The van der Waals surface area contributed by atoms with Gasteiger partial charge >= 0.3 is 0 Å². The molecule has 0 saturated carbocycles. The number of benzene rings is 2. The van der Waals surface area contributed by atoms with Crippen molar-refractivity contribution < 1.29 is 14.3 Å². The van der Waals surface area contributed by atoms with Crippen molar-refractivity contribution in [2.45, 2.75) is 32.3 Å². The van der Waals surface area contributed by atoms with Crippen molar-refractivity contribution in [3.63, 3.8) is 0 Å². The molecule has 9 heteroatoms. The molecule has 0 bridgehead atoms. The number of rotatable bonds is 8. The largest absolute Gasteiger partial charge is 0.494 e. The smallest absolute Gasteiger partial charge is 0.253 e. The van der Waals surface area contributed by atoms with Gasteiger partial charge in [0.2, 0.25) is 11.1 Å². The number of hydrogen-bond acceptors (Lipinski definition) is 7. The molecule has 0 unspecified atom stereocenters. The van der Waals surface area contributed by atoms with Gasteiger partial charge in [0.15, 0.2) is 5.75 Å². The second kappa shape index (κ2) is 9.91. The molecule has 1 amide bonds. The molecule has 170 valence electrons. The van der Waals surface area contributed by atoms with E-state index in [4.69, 9.17) is 9.47 Å². The van der Waals surface area contributed by atoms with E-state index in [1.165, 1.54) is 11.8 Å². The number of amides is 1. The lowest BCUT2D eigenvalue weighted by Gasteiger charge is -2.14. The van der Waals surface area contributed by atoms with E-state index in [1.807, 2.05) is 75.6 Å². The van der Waals surface area contributed by atoms with Gasteiger partial charge in [-0.25, -0.2) is 9.50 Å². The normalized spacial score (nSPS) is 10.9. The minimum atomic E-state index is -0.171. The molecule has 0 aliphatic heterocycles. The Bertz CT molecular complexity index is 1290. The fourth-order valence-corrected chi connectivity index (χ4v) is 3.78. The molecule has 2 heterocycles. The summed E-state index contributed by atoms with van der Waals surface area (Å²) in [7, 11) is 0. The van der Waals surface area contributed by atoms with Gasteiger partial charge < -0.3 is 14.8 Å². The molecule has 2 aromatic heterocycles. The number of anilines is 1. The Morgan fingerprint density at radius 1 is 1.06 bits per heavy atom. The Balaban J connectivity index is 1.51. The molecule has 4 aromatic rings. The molecule has 1 N–H and O–H groups in total. The highest BCUT2D eigenvalue weighted by atomic mass is 32.2. The predicted octanol–water partition coefficient (Wildman–Crippen LogP) is 4.84. The van der Waals surface area contributed by atoms with Gasteiger partial charge in [-0.2, -0.15) is 4.98 Å². The molecule has 0 spiro atoms. The number of para-hydroxylation sites is 2. The number of thioether (sulfide) groups is 1. The highest BCUT2D eigenvalue weighted by Gasteiger charge is 2.17. The van der Waals surface area contributed by atoms with E-state index in [2.05, 4.69) is 20.4 Å². The van der Waals surface area contributed by atoms with Gasteiger partial charge in [0.1, 0.15) is 11.5 Å². The Morgan fingerprint density at radius 3 is 2.52 bits per heavy atom. The summed E-state index contributed by atoms with van der Waals surface area (Å²) in [4.78, 5) is 21.9. The number of aromatic nitrogens is 4. The minimum Gasteiger partial charge on any atom is -0.494 e. The predicted molar refractivity (Wildman–Crippen MR) is 128 cm³/mol. The molecule has 0 aliphatic carbocycles. The van der Waals surface area contributed by atoms with Crippen molar-refractivity contribution in [2.75, 3.05) is 18.2 Å². The Morgan fingerprint density at radius 2 is 1.79 bits per heavy atom. The number of carbonyl (C=O) groups excluding carboxylic acids is 1. The zero-order chi connectivity index (χ0) is 23.4. The van der Waals surface area contributed by atoms with E-state index in [9.17, 15) is 4.79 Å². The van der Waals surface area contributed by atoms with Crippen LogP contribution in [0.2, 0.25) is 0 Å². The average Bonchev–Trinajstić information content (AvgIpc) is 3.23. The lowest BCUT2D eigenvalue weighted by Crippen LogP contribution is -2.18. The minimum absolute atomic E-state index is 0.159. The van der Waals surface area contributed by atoms with Gasteiger partial charge in [0.25, 0.3) is 5.78 Å². The van der Waals surface area contributed by atoms with Crippen LogP contribution in [0.15, 0.2) is 53.7 Å². The van der Waals surface area contributed by atoms with Crippen LogP contribution in [0.3, 0.4) is 0 Å². The highest BCUT2D eigenvalue weighted by molar-refractivity contribution is 7.98. The fourth-order valence-electron chi connectivity index (χ4n) is 3.44. The van der Waals surface area contributed by atoms with Crippen molar-refractivity contribution in [1.29, 1.82) is 0 Å². The first kappa shape index (κ1) is 22.6. The van der Waals surface area contributed by atoms with Crippen LogP contribution >= 0.6 is 11.8 Å². The first-order valence-electron chi connectivity index (χ1n) is 10.5. The number of nitrogens with zero attached hydrogens (tertiary/aromatic N) is 4. The van der Waals surface area contributed by atoms with Crippen LogP contribution in [0.4, 0.5) is 5.69 Å². The number of nitrogens with one attached hydrogen (secondary N) is 1. The summed E-state index contributed by atoms with van der Waals surface area (Å²) in [6.07, 6.45) is 2.07. The van der Waals surface area contributed by atoms with E-state index < -0.39 is 0 Å². The van der Waals surface area contributed by atoms with Crippen LogP contribution in [0.25, 0.3) is 5.78 Å². The number of hydrogen-bond donors (Lipinski definition) is 1. The quantitative estimate of drug-likeness (QED) is 0.374. The second-order valence-electron chi connectivity index (χ2n) is 7.30. The summed E-state index contributed by atoms with van der Waals surface area (Å²) >= 11 is 1.45. The Labute approximate surface area is 196 Å². The van der Waals surface area contributed by atoms with Crippen LogP contribution in [0, 0.1) is 13.8 Å². The molecule has 2 aromatic carbocycles. The standard InChI is InChI=1S/C24H25N5O3S/c1-5-31-17-10-12-18(13-11-17)32-21-9-7-6-8-20(21)26-22(30)14-19-15(2)25-23-27-24(33-4)28-29(23)16(19)3/h6-13H,5,14H2,1-4H3,(H,26,30). The summed E-state index contributed by atoms with van der Waals surface area (Å²) in [5.41, 5.74) is 3.02. The van der Waals surface area contributed by atoms with Crippen LogP contribution in [0.1, 0.15) is 23.9 Å². The van der Waals surface area contributed by atoms with Crippen LogP contribution in [-0.2, 0) is 11.2 Å². The molecule has 0 radical (unpaired) electrons. The average molecular weight is 464 g/mol. The van der Waals surface area contributed by atoms with E-state index in [0.717, 1.165) is 22.7 Å². The van der Waals surface area contributed by atoms with E-state index in [0.29, 0.717) is 34.7 Å². The second-order valence-corrected chi connectivity index (χ2v) is 8.07. The summed E-state index contributed by atoms with van der Waals surface area (Å²) in [5.74, 6) is 2.35. The van der Waals surface area contributed by atoms with E-state index in [1.54, 1.807) is 4.52 Å². The SMILES string of the molecule is CCOc1ccc(Oc2ccccc2NC(=O)Cc2c(C)nc3nc(SC)nn3c2C)cc1. The van der Waals surface area contributed by atoms with Crippen LogP contribution in [-0.4, -0.2) is 38.4 Å². The van der Waals surface area contributed by atoms with Crippen molar-refractivity contribution >= 4 is 29.1 Å². The zero-order valence-corrected chi connectivity index (χ0v) is 19.8. The molecular weight excluding hydrogens is 438 g/mol. The summed E-state index contributed by atoms with van der Waals surface area (Å²) < 4.78 is 13.2. The third kappa shape index (κ3) is 5.09. The lowest BCUT2D eigenvalue weighted by atomic mass is 10.1. The first-order chi connectivity index (χ1) is 16.0. The van der Waals surface area contributed by atoms with Crippen LogP contribution in [0.5, 0.6) is 17.2 Å². The van der Waals surface area contributed by atoms with Crippen molar-refractivity contribution in [1.82, 2.24) is 19.6 Å². The van der Waals surface area contributed by atoms with Gasteiger partial charge in [-0.3, -0.25) is 4.79 Å². The molecule has 0 atom stereocenters. The first-order valence-corrected chi connectivity index (χ1v) is 11.8. The topological polar surface area (TPSA) is 90.6 Å². The number of fused-ring (bicyclic) bond motifs is 1. The van der Waals surface area contributed by atoms with Crippen LogP contribution < -0.4 is 14.8 Å². The van der Waals surface area contributed by atoms with E-state index in [-0.39, 0.29) is 12.3 Å². The summed E-state index contributed by atoms with van der Waals surface area (Å²) in [6.45, 7) is 6.35. The Kier molecular flexibility index (Phi) is 6.79. The van der Waals surface area contributed by atoms with Crippen molar-refractivity contribution in [3.05, 3.63) is 65.5 Å². The van der Waals surface area contributed by atoms with Gasteiger partial charge in [0.05, 0.1) is 18.7 Å². The molecular formula is C24H25N5O3S. The highest BCUT2D eigenvalue weighted by Crippen LogP contribution is 2.30. The van der Waals surface area contributed by atoms with Crippen molar-refractivity contribution in [3.8, 4) is 17.2 Å². The molecule has 0 fully saturated rings. The molecule has 0 aliphatic rings. The lowest BCUT2D eigenvalue weighted by molar-refractivity contribution is -0.115. The maximum Gasteiger partial charge on any atom is 0.253 e. The van der Waals surface area contributed by atoms with Gasteiger partial charge in [-0.1, -0.05) is 23.9 Å². The molecule has 33 heavy (non-hydrogen) atoms. The number of ether oxygens (including phenoxy) is 2. The van der Waals surface area contributed by atoms with Crippen molar-refractivity contribution in [2.24, 2.45) is 0 Å².